The Hall–Kier alpha value is -2.68. The van der Waals surface area contributed by atoms with Gasteiger partial charge >= 0.3 is 0 Å². The standard InChI is InChI=1S/C21H20N2O/c1-21(2)13-17-19(18(24)14-21)20(15-9-5-3-6-10-15)23(22-17)16-11-7-4-8-12-16/h3-12H,13-14H2,1-2H3. The van der Waals surface area contributed by atoms with Crippen LogP contribution in [0.4, 0.5) is 0 Å². The minimum Gasteiger partial charge on any atom is -0.294 e. The highest BCUT2D eigenvalue weighted by atomic mass is 16.1. The van der Waals surface area contributed by atoms with E-state index >= 15 is 0 Å². The van der Waals surface area contributed by atoms with Crippen molar-refractivity contribution < 1.29 is 4.79 Å². The predicted molar refractivity (Wildman–Crippen MR) is 95.4 cm³/mol. The molecule has 3 nitrogen and oxygen atoms in total. The van der Waals surface area contributed by atoms with E-state index in [1.54, 1.807) is 0 Å². The van der Waals surface area contributed by atoms with Crippen LogP contribution < -0.4 is 0 Å². The fourth-order valence-electron chi connectivity index (χ4n) is 3.54. The number of carbonyl (C=O) groups excluding carboxylic acids is 1. The third kappa shape index (κ3) is 2.46. The lowest BCUT2D eigenvalue weighted by atomic mass is 9.75. The van der Waals surface area contributed by atoms with Crippen molar-refractivity contribution in [3.05, 3.63) is 71.9 Å². The van der Waals surface area contributed by atoms with Crippen molar-refractivity contribution in [2.45, 2.75) is 26.7 Å². The molecule has 0 saturated carbocycles. The summed E-state index contributed by atoms with van der Waals surface area (Å²) in [7, 11) is 0. The van der Waals surface area contributed by atoms with Gasteiger partial charge in [-0.25, -0.2) is 4.68 Å². The number of carbonyl (C=O) groups is 1. The number of ketones is 1. The Bertz CT molecular complexity index is 892. The smallest absolute Gasteiger partial charge is 0.167 e. The molecule has 0 bridgehead atoms. The number of hydrogen-bond donors (Lipinski definition) is 0. The second-order valence-corrected chi connectivity index (χ2v) is 7.22. The van der Waals surface area contributed by atoms with Crippen molar-refractivity contribution in [3.63, 3.8) is 0 Å². The predicted octanol–water partition coefficient (Wildman–Crippen LogP) is 4.69. The second kappa shape index (κ2) is 5.45. The summed E-state index contributed by atoms with van der Waals surface area (Å²) >= 11 is 0. The first-order chi connectivity index (χ1) is 11.6. The number of benzene rings is 2. The van der Waals surface area contributed by atoms with Crippen LogP contribution in [-0.2, 0) is 6.42 Å². The summed E-state index contributed by atoms with van der Waals surface area (Å²) in [6.45, 7) is 4.27. The topological polar surface area (TPSA) is 34.9 Å². The Balaban J connectivity index is 2.00. The zero-order chi connectivity index (χ0) is 16.7. The van der Waals surface area contributed by atoms with Gasteiger partial charge in [0.15, 0.2) is 5.78 Å². The Morgan fingerprint density at radius 1 is 0.917 bits per heavy atom. The van der Waals surface area contributed by atoms with Crippen LogP contribution >= 0.6 is 0 Å². The van der Waals surface area contributed by atoms with Crippen LogP contribution in [0.15, 0.2) is 60.7 Å². The highest BCUT2D eigenvalue weighted by Crippen LogP contribution is 2.39. The summed E-state index contributed by atoms with van der Waals surface area (Å²) in [6.07, 6.45) is 1.40. The van der Waals surface area contributed by atoms with E-state index in [4.69, 9.17) is 5.10 Å². The van der Waals surface area contributed by atoms with E-state index < -0.39 is 0 Å². The van der Waals surface area contributed by atoms with Gasteiger partial charge in [-0.3, -0.25) is 4.79 Å². The van der Waals surface area contributed by atoms with Crippen LogP contribution in [0.5, 0.6) is 0 Å². The third-order valence-electron chi connectivity index (χ3n) is 4.57. The zero-order valence-electron chi connectivity index (χ0n) is 14.0. The van der Waals surface area contributed by atoms with Crippen molar-refractivity contribution >= 4 is 5.78 Å². The molecule has 0 atom stereocenters. The molecule has 1 heterocycles. The normalized spacial score (nSPS) is 16.0. The fraction of sp³-hybridized carbons (Fsp3) is 0.238. The zero-order valence-corrected chi connectivity index (χ0v) is 14.0. The maximum absolute atomic E-state index is 12.9. The molecule has 120 valence electrons. The summed E-state index contributed by atoms with van der Waals surface area (Å²) in [4.78, 5) is 12.9. The summed E-state index contributed by atoms with van der Waals surface area (Å²) in [5.74, 6) is 0.197. The number of aromatic nitrogens is 2. The van der Waals surface area contributed by atoms with Crippen molar-refractivity contribution in [2.24, 2.45) is 5.41 Å². The molecule has 1 aliphatic carbocycles. The molecule has 3 aromatic rings. The second-order valence-electron chi connectivity index (χ2n) is 7.22. The number of fused-ring (bicyclic) bond motifs is 1. The molecule has 0 amide bonds. The maximum Gasteiger partial charge on any atom is 0.167 e. The van der Waals surface area contributed by atoms with Crippen molar-refractivity contribution in [2.75, 3.05) is 0 Å². The van der Waals surface area contributed by atoms with Gasteiger partial charge in [-0.15, -0.1) is 0 Å². The van der Waals surface area contributed by atoms with E-state index in [1.807, 2.05) is 65.3 Å². The van der Waals surface area contributed by atoms with E-state index in [9.17, 15) is 4.79 Å². The summed E-state index contributed by atoms with van der Waals surface area (Å²) in [5, 5.41) is 4.84. The summed E-state index contributed by atoms with van der Waals surface area (Å²) < 4.78 is 1.93. The lowest BCUT2D eigenvalue weighted by Gasteiger charge is -2.27. The first-order valence-electron chi connectivity index (χ1n) is 8.31. The van der Waals surface area contributed by atoms with Crippen LogP contribution in [0.3, 0.4) is 0 Å². The Morgan fingerprint density at radius 3 is 2.21 bits per heavy atom. The average molecular weight is 316 g/mol. The molecule has 1 aromatic heterocycles. The minimum atomic E-state index is -0.0338. The number of nitrogens with zero attached hydrogens (tertiary/aromatic N) is 2. The molecule has 1 aliphatic rings. The Kier molecular flexibility index (Phi) is 3.38. The van der Waals surface area contributed by atoms with Gasteiger partial charge in [-0.2, -0.15) is 5.10 Å². The van der Waals surface area contributed by atoms with Crippen LogP contribution in [0, 0.1) is 5.41 Å². The van der Waals surface area contributed by atoms with Gasteiger partial charge in [0, 0.05) is 12.0 Å². The lowest BCUT2D eigenvalue weighted by Crippen LogP contribution is -2.26. The van der Waals surface area contributed by atoms with Crippen LogP contribution in [-0.4, -0.2) is 15.6 Å². The largest absolute Gasteiger partial charge is 0.294 e. The Morgan fingerprint density at radius 2 is 1.54 bits per heavy atom. The van der Waals surface area contributed by atoms with Crippen molar-refractivity contribution in [1.29, 1.82) is 0 Å². The molecule has 0 saturated heterocycles. The number of rotatable bonds is 2. The number of hydrogen-bond acceptors (Lipinski definition) is 2. The highest BCUT2D eigenvalue weighted by molar-refractivity contribution is 6.04. The molecule has 3 heteroatoms. The van der Waals surface area contributed by atoms with E-state index in [1.165, 1.54) is 0 Å². The molecule has 24 heavy (non-hydrogen) atoms. The molecule has 0 spiro atoms. The molecule has 0 radical (unpaired) electrons. The van der Waals surface area contributed by atoms with Gasteiger partial charge in [0.05, 0.1) is 22.6 Å². The first-order valence-corrected chi connectivity index (χ1v) is 8.31. The van der Waals surface area contributed by atoms with Gasteiger partial charge in [0.2, 0.25) is 0 Å². The quantitative estimate of drug-likeness (QED) is 0.687. The average Bonchev–Trinajstić information content (AvgIpc) is 2.94. The molecule has 0 unspecified atom stereocenters. The number of para-hydroxylation sites is 1. The summed E-state index contributed by atoms with van der Waals surface area (Å²) in [6, 6.07) is 20.1. The van der Waals surface area contributed by atoms with E-state index in [2.05, 4.69) is 13.8 Å². The lowest BCUT2D eigenvalue weighted by molar-refractivity contribution is 0.0912. The molecule has 4 rings (SSSR count). The number of Topliss-reactive ketones (excluding diaryl/α,β-unsaturated/α-hetero) is 1. The van der Waals surface area contributed by atoms with Crippen LogP contribution in [0.25, 0.3) is 16.9 Å². The molecule has 0 N–H and O–H groups in total. The van der Waals surface area contributed by atoms with E-state index in [-0.39, 0.29) is 11.2 Å². The van der Waals surface area contributed by atoms with E-state index in [0.717, 1.165) is 34.6 Å². The first kappa shape index (κ1) is 14.9. The monoisotopic (exact) mass is 316 g/mol. The third-order valence-corrected chi connectivity index (χ3v) is 4.57. The van der Waals surface area contributed by atoms with Crippen LogP contribution in [0.1, 0.15) is 36.3 Å². The summed E-state index contributed by atoms with van der Waals surface area (Å²) in [5.41, 5.74) is 4.61. The van der Waals surface area contributed by atoms with Gasteiger partial charge in [-0.1, -0.05) is 62.4 Å². The van der Waals surface area contributed by atoms with Crippen LogP contribution in [0.2, 0.25) is 0 Å². The van der Waals surface area contributed by atoms with Crippen molar-refractivity contribution in [1.82, 2.24) is 9.78 Å². The molecular weight excluding hydrogens is 296 g/mol. The van der Waals surface area contributed by atoms with Crippen molar-refractivity contribution in [3.8, 4) is 16.9 Å². The van der Waals surface area contributed by atoms with Gasteiger partial charge in [0.1, 0.15) is 0 Å². The molecule has 2 aromatic carbocycles. The van der Waals surface area contributed by atoms with Gasteiger partial charge < -0.3 is 0 Å². The molecule has 0 aliphatic heterocycles. The van der Waals surface area contributed by atoms with Gasteiger partial charge in [0.25, 0.3) is 0 Å². The van der Waals surface area contributed by atoms with Gasteiger partial charge in [-0.05, 0) is 24.0 Å². The maximum atomic E-state index is 12.9. The highest BCUT2D eigenvalue weighted by Gasteiger charge is 2.36. The fourth-order valence-corrected chi connectivity index (χ4v) is 3.54. The molecular formula is C21H20N2O. The SMILES string of the molecule is CC1(C)CC(=O)c2c(nn(-c3ccccc3)c2-c2ccccc2)C1. The molecule has 0 fully saturated rings. The minimum absolute atomic E-state index is 0.0338. The Labute approximate surface area is 141 Å². The van der Waals surface area contributed by atoms with E-state index in [0.29, 0.717) is 6.42 Å².